The van der Waals surface area contributed by atoms with Gasteiger partial charge in [0.05, 0.1) is 18.3 Å². The van der Waals surface area contributed by atoms with Crippen molar-refractivity contribution in [2.45, 2.75) is 51.9 Å². The Labute approximate surface area is 137 Å². The Morgan fingerprint density at radius 1 is 1.13 bits per heavy atom. The van der Waals surface area contributed by atoms with Crippen LogP contribution in [0.3, 0.4) is 0 Å². The fourth-order valence-corrected chi connectivity index (χ4v) is 0.995. The fraction of sp³-hybridized carbons (Fsp3) is 0.625. The second-order valence-electron chi connectivity index (χ2n) is 6.41. The van der Waals surface area contributed by atoms with Crippen molar-refractivity contribution in [3.8, 4) is 0 Å². The van der Waals surface area contributed by atoms with E-state index in [0.29, 0.717) is 25.3 Å². The molecule has 1 atom stereocenters. The maximum atomic E-state index is 9.65. The minimum Gasteiger partial charge on any atom is -0.478 e. The van der Waals surface area contributed by atoms with E-state index in [4.69, 9.17) is 14.9 Å². The van der Waals surface area contributed by atoms with Gasteiger partial charge in [0.15, 0.2) is 0 Å². The molecular formula is C16H29NO6. The average molecular weight is 331 g/mol. The molecule has 1 unspecified atom stereocenters. The van der Waals surface area contributed by atoms with Crippen LogP contribution in [-0.4, -0.2) is 57.7 Å². The number of carboxylic acids is 2. The molecule has 0 radical (unpaired) electrons. The molecule has 0 aromatic carbocycles. The molecule has 23 heavy (non-hydrogen) atoms. The summed E-state index contributed by atoms with van der Waals surface area (Å²) < 4.78 is 5.50. The van der Waals surface area contributed by atoms with E-state index in [1.165, 1.54) is 0 Å². The summed E-state index contributed by atoms with van der Waals surface area (Å²) in [4.78, 5) is 19.1. The summed E-state index contributed by atoms with van der Waals surface area (Å²) in [6.07, 6.45) is 2.37. The molecule has 0 saturated heterocycles. The largest absolute Gasteiger partial charge is 0.478 e. The molecule has 0 rings (SSSR count). The van der Waals surface area contributed by atoms with Crippen molar-refractivity contribution in [2.75, 3.05) is 13.2 Å². The van der Waals surface area contributed by atoms with Gasteiger partial charge in [-0.2, -0.15) is 0 Å². The molecule has 0 aliphatic carbocycles. The number of carboxylic acid groups (broad SMARTS) is 2. The molecule has 0 fully saturated rings. The highest BCUT2D eigenvalue weighted by Gasteiger charge is 2.17. The van der Waals surface area contributed by atoms with Gasteiger partial charge in [0, 0.05) is 24.2 Å². The Bertz CT molecular complexity index is 393. The number of ether oxygens (including phenoxy) is 1. The fourth-order valence-electron chi connectivity index (χ4n) is 0.995. The van der Waals surface area contributed by atoms with E-state index in [9.17, 15) is 14.7 Å². The molecule has 134 valence electrons. The van der Waals surface area contributed by atoms with Gasteiger partial charge in [-0.1, -0.05) is 6.08 Å². The van der Waals surface area contributed by atoms with Crippen LogP contribution in [-0.2, 0) is 14.3 Å². The van der Waals surface area contributed by atoms with Crippen molar-refractivity contribution in [3.63, 3.8) is 0 Å². The number of nitrogens with one attached hydrogen (secondary N) is 1. The van der Waals surface area contributed by atoms with Gasteiger partial charge in [-0.15, -0.1) is 6.58 Å². The van der Waals surface area contributed by atoms with Crippen LogP contribution < -0.4 is 5.32 Å². The molecule has 0 aliphatic rings. The Balaban J connectivity index is 0. The van der Waals surface area contributed by atoms with Crippen LogP contribution in [0.15, 0.2) is 24.8 Å². The molecule has 0 bridgehead atoms. The number of carbonyl (C=O) groups is 2. The summed E-state index contributed by atoms with van der Waals surface area (Å²) in [7, 11) is 0. The number of rotatable bonds is 8. The van der Waals surface area contributed by atoms with E-state index in [-0.39, 0.29) is 11.1 Å². The van der Waals surface area contributed by atoms with Gasteiger partial charge in [-0.05, 0) is 34.6 Å². The molecule has 0 aromatic rings. The lowest BCUT2D eigenvalue weighted by atomic mass is 10.1. The maximum absolute atomic E-state index is 9.65. The Kier molecular flexibility index (Phi) is 11.2. The lowest BCUT2D eigenvalue weighted by Crippen LogP contribution is -2.43. The summed E-state index contributed by atoms with van der Waals surface area (Å²) in [6, 6.07) is 0. The number of aliphatic carboxylic acids is 2. The van der Waals surface area contributed by atoms with Gasteiger partial charge in [-0.3, -0.25) is 0 Å². The van der Waals surface area contributed by atoms with Gasteiger partial charge >= 0.3 is 11.9 Å². The van der Waals surface area contributed by atoms with Crippen molar-refractivity contribution in [3.05, 3.63) is 24.8 Å². The van der Waals surface area contributed by atoms with Crippen molar-refractivity contribution in [2.24, 2.45) is 0 Å². The number of aliphatic hydroxyl groups is 1. The standard InChI is InChI=1S/C12H25NO2.C4H4O4/c1-7-12(5,6)15-9-10(14)8-13-11(2,3)4;5-3(6)1-2-4(7)8/h7,10,13-14H,1,8-9H2,2-6H3;1-2H,(H,5,6)(H,7,8)/b;2-1-. The first-order valence-corrected chi connectivity index (χ1v) is 7.13. The van der Waals surface area contributed by atoms with Crippen LogP contribution >= 0.6 is 0 Å². The van der Waals surface area contributed by atoms with Crippen LogP contribution in [0, 0.1) is 0 Å². The molecule has 4 N–H and O–H groups in total. The molecule has 0 spiro atoms. The predicted octanol–water partition coefficient (Wildman–Crippen LogP) is 1.43. The Hall–Kier alpha value is -1.70. The second kappa shape index (κ2) is 10.9. The molecule has 7 nitrogen and oxygen atoms in total. The molecule has 0 aromatic heterocycles. The van der Waals surface area contributed by atoms with Gasteiger partial charge in [-0.25, -0.2) is 9.59 Å². The van der Waals surface area contributed by atoms with Crippen molar-refractivity contribution in [1.29, 1.82) is 0 Å². The van der Waals surface area contributed by atoms with E-state index in [0.717, 1.165) is 0 Å². The third kappa shape index (κ3) is 20.3. The van der Waals surface area contributed by atoms with Crippen LogP contribution in [0.5, 0.6) is 0 Å². The zero-order valence-corrected chi connectivity index (χ0v) is 14.5. The van der Waals surface area contributed by atoms with Gasteiger partial charge in [0.25, 0.3) is 0 Å². The lowest BCUT2D eigenvalue weighted by Gasteiger charge is -2.26. The van der Waals surface area contributed by atoms with Gasteiger partial charge in [0.1, 0.15) is 0 Å². The number of hydrogen-bond donors (Lipinski definition) is 4. The lowest BCUT2D eigenvalue weighted by molar-refractivity contribution is -0.134. The average Bonchev–Trinajstić information content (AvgIpc) is 2.40. The van der Waals surface area contributed by atoms with E-state index in [1.807, 2.05) is 13.8 Å². The Morgan fingerprint density at radius 3 is 1.87 bits per heavy atom. The zero-order chi connectivity index (χ0) is 18.7. The highest BCUT2D eigenvalue weighted by Crippen LogP contribution is 2.10. The monoisotopic (exact) mass is 331 g/mol. The van der Waals surface area contributed by atoms with Crippen molar-refractivity contribution in [1.82, 2.24) is 5.32 Å². The summed E-state index contributed by atoms with van der Waals surface area (Å²) in [5.41, 5.74) is -0.350. The molecule has 0 aliphatic heterocycles. The molecular weight excluding hydrogens is 302 g/mol. The number of hydrogen-bond acceptors (Lipinski definition) is 5. The summed E-state index contributed by atoms with van der Waals surface area (Å²) in [5.74, 6) is -2.51. The highest BCUT2D eigenvalue weighted by atomic mass is 16.5. The number of aliphatic hydroxyl groups excluding tert-OH is 1. The van der Waals surface area contributed by atoms with Crippen LogP contribution in [0.1, 0.15) is 34.6 Å². The second-order valence-corrected chi connectivity index (χ2v) is 6.41. The Morgan fingerprint density at radius 2 is 1.57 bits per heavy atom. The minimum absolute atomic E-state index is 0.0228. The smallest absolute Gasteiger partial charge is 0.328 e. The SMILES string of the molecule is C=CC(C)(C)OCC(O)CNC(C)(C)C.O=C(O)/C=C\C(=O)O. The highest BCUT2D eigenvalue weighted by molar-refractivity contribution is 5.89. The van der Waals surface area contributed by atoms with Crippen molar-refractivity contribution >= 4 is 11.9 Å². The summed E-state index contributed by atoms with van der Waals surface area (Å²) >= 11 is 0. The minimum atomic E-state index is -1.26. The first-order valence-electron chi connectivity index (χ1n) is 7.13. The molecule has 0 saturated carbocycles. The van der Waals surface area contributed by atoms with Crippen LogP contribution in [0.2, 0.25) is 0 Å². The van der Waals surface area contributed by atoms with Gasteiger partial charge in [0.2, 0.25) is 0 Å². The molecule has 0 heterocycles. The molecule has 7 heteroatoms. The van der Waals surface area contributed by atoms with Gasteiger partial charge < -0.3 is 25.4 Å². The summed E-state index contributed by atoms with van der Waals surface area (Å²) in [5, 5.41) is 28.5. The third-order valence-electron chi connectivity index (χ3n) is 2.38. The normalized spacial score (nSPS) is 13.1. The third-order valence-corrected chi connectivity index (χ3v) is 2.38. The van der Waals surface area contributed by atoms with E-state index in [1.54, 1.807) is 6.08 Å². The van der Waals surface area contributed by atoms with Crippen LogP contribution in [0.25, 0.3) is 0 Å². The zero-order valence-electron chi connectivity index (χ0n) is 14.5. The first kappa shape index (κ1) is 23.6. The van der Waals surface area contributed by atoms with E-state index in [2.05, 4.69) is 32.7 Å². The molecule has 0 amide bonds. The first-order chi connectivity index (χ1) is 10.3. The van der Waals surface area contributed by atoms with Crippen LogP contribution in [0.4, 0.5) is 0 Å². The topological polar surface area (TPSA) is 116 Å². The maximum Gasteiger partial charge on any atom is 0.328 e. The summed E-state index contributed by atoms with van der Waals surface area (Å²) in [6.45, 7) is 14.6. The van der Waals surface area contributed by atoms with Crippen molar-refractivity contribution < 1.29 is 29.6 Å². The number of β-amino-alcohol motifs (C(OH)–C–C–N with tert-alkyl or cyclic N) is 1. The van der Waals surface area contributed by atoms with E-state index >= 15 is 0 Å². The predicted molar refractivity (Wildman–Crippen MR) is 88.4 cm³/mol. The van der Waals surface area contributed by atoms with E-state index < -0.39 is 18.0 Å². The quantitative estimate of drug-likeness (QED) is 0.393.